The van der Waals surface area contributed by atoms with Crippen molar-refractivity contribution in [2.45, 2.75) is 64.7 Å². The summed E-state index contributed by atoms with van der Waals surface area (Å²) in [4.78, 5) is 20.1. The van der Waals surface area contributed by atoms with Gasteiger partial charge in [-0.15, -0.1) is 0 Å². The van der Waals surface area contributed by atoms with Gasteiger partial charge >= 0.3 is 5.97 Å². The second kappa shape index (κ2) is 12.0. The van der Waals surface area contributed by atoms with E-state index in [1.165, 1.54) is 56.9 Å². The van der Waals surface area contributed by atoms with E-state index in [9.17, 15) is 4.79 Å². The van der Waals surface area contributed by atoms with Crippen LogP contribution in [-0.2, 0) is 11.2 Å². The van der Waals surface area contributed by atoms with Crippen molar-refractivity contribution in [1.82, 2.24) is 9.97 Å². The maximum atomic E-state index is 11.2. The Labute approximate surface area is 162 Å². The van der Waals surface area contributed by atoms with Gasteiger partial charge < -0.3 is 4.74 Å². The molecule has 1 aromatic carbocycles. The highest BCUT2D eigenvalue weighted by Gasteiger charge is 2.04. The fourth-order valence-electron chi connectivity index (χ4n) is 2.93. The van der Waals surface area contributed by atoms with Gasteiger partial charge in [0.2, 0.25) is 0 Å². The normalized spacial score (nSPS) is 10.6. The number of hydrogen-bond donors (Lipinski definition) is 0. The highest BCUT2D eigenvalue weighted by Crippen LogP contribution is 2.20. The molecule has 0 radical (unpaired) electrons. The summed E-state index contributed by atoms with van der Waals surface area (Å²) in [5.74, 6) is 0.690. The Morgan fingerprint density at radius 3 is 2.15 bits per heavy atom. The third kappa shape index (κ3) is 7.73. The fraction of sp³-hybridized carbons (Fsp3) is 0.435. The second-order valence-electron chi connectivity index (χ2n) is 6.79. The minimum Gasteiger partial charge on any atom is -0.423 e. The zero-order valence-corrected chi connectivity index (χ0v) is 16.3. The number of hydrogen-bond acceptors (Lipinski definition) is 4. The molecule has 144 valence electrons. The van der Waals surface area contributed by atoms with Crippen LogP contribution in [0.5, 0.6) is 5.75 Å². The van der Waals surface area contributed by atoms with Crippen molar-refractivity contribution >= 4 is 5.97 Å². The zero-order valence-electron chi connectivity index (χ0n) is 16.3. The minimum atomic E-state index is -0.468. The first-order valence-corrected chi connectivity index (χ1v) is 9.98. The van der Waals surface area contributed by atoms with Gasteiger partial charge in [0.15, 0.2) is 5.82 Å². The average Bonchev–Trinajstić information content (AvgIpc) is 2.71. The standard InChI is InChI=1S/C23H30N2O2/c1-3-5-6-7-8-9-10-11-12-19-17-24-23(25-18-19)20-13-15-21(16-14-20)27-22(26)4-2/h4,13-18H,2-3,5-12H2,1H3. The average molecular weight is 367 g/mol. The lowest BCUT2D eigenvalue weighted by Crippen LogP contribution is -2.02. The first-order valence-electron chi connectivity index (χ1n) is 9.98. The van der Waals surface area contributed by atoms with Crippen molar-refractivity contribution in [3.63, 3.8) is 0 Å². The van der Waals surface area contributed by atoms with Crippen LogP contribution in [0.4, 0.5) is 0 Å². The molecule has 4 nitrogen and oxygen atoms in total. The van der Waals surface area contributed by atoms with E-state index in [0.717, 1.165) is 18.1 Å². The van der Waals surface area contributed by atoms with Gasteiger partial charge in [-0.3, -0.25) is 0 Å². The first kappa shape index (κ1) is 20.8. The maximum Gasteiger partial charge on any atom is 0.335 e. The number of esters is 1. The van der Waals surface area contributed by atoms with Gasteiger partial charge in [0.1, 0.15) is 5.75 Å². The van der Waals surface area contributed by atoms with Crippen LogP contribution in [0.15, 0.2) is 49.3 Å². The molecule has 1 heterocycles. The lowest BCUT2D eigenvalue weighted by Gasteiger charge is -2.05. The molecule has 0 saturated heterocycles. The van der Waals surface area contributed by atoms with E-state index in [4.69, 9.17) is 4.74 Å². The summed E-state index contributed by atoms with van der Waals surface area (Å²) in [6.07, 6.45) is 16.6. The van der Waals surface area contributed by atoms with Gasteiger partial charge in [0, 0.05) is 24.0 Å². The van der Waals surface area contributed by atoms with Crippen molar-refractivity contribution in [3.05, 3.63) is 54.9 Å². The van der Waals surface area contributed by atoms with Gasteiger partial charge in [0.05, 0.1) is 0 Å². The maximum absolute atomic E-state index is 11.2. The van der Waals surface area contributed by atoms with Crippen LogP contribution >= 0.6 is 0 Å². The molecular formula is C23H30N2O2. The second-order valence-corrected chi connectivity index (χ2v) is 6.79. The molecule has 0 amide bonds. The van der Waals surface area contributed by atoms with E-state index in [1.54, 1.807) is 12.1 Å². The summed E-state index contributed by atoms with van der Waals surface area (Å²) in [5.41, 5.74) is 2.08. The summed E-state index contributed by atoms with van der Waals surface area (Å²) < 4.78 is 5.07. The number of nitrogens with zero attached hydrogens (tertiary/aromatic N) is 2. The molecular weight excluding hydrogens is 336 g/mol. The number of ether oxygens (including phenoxy) is 1. The van der Waals surface area contributed by atoms with E-state index >= 15 is 0 Å². The number of aromatic nitrogens is 2. The van der Waals surface area contributed by atoms with Crippen LogP contribution < -0.4 is 4.74 Å². The Morgan fingerprint density at radius 2 is 1.56 bits per heavy atom. The number of carbonyl (C=O) groups is 1. The zero-order chi connectivity index (χ0) is 19.3. The molecule has 0 fully saturated rings. The van der Waals surface area contributed by atoms with E-state index in [-0.39, 0.29) is 0 Å². The molecule has 4 heteroatoms. The van der Waals surface area contributed by atoms with Gasteiger partial charge in [-0.05, 0) is 42.7 Å². The SMILES string of the molecule is C=CC(=O)Oc1ccc(-c2ncc(CCCCCCCCCC)cn2)cc1. The van der Waals surface area contributed by atoms with Crippen molar-refractivity contribution < 1.29 is 9.53 Å². The molecule has 0 aliphatic heterocycles. The van der Waals surface area contributed by atoms with Crippen LogP contribution in [0, 0.1) is 0 Å². The van der Waals surface area contributed by atoms with E-state index in [1.807, 2.05) is 24.5 Å². The molecule has 0 N–H and O–H groups in total. The van der Waals surface area contributed by atoms with Crippen LogP contribution in [0.2, 0.25) is 0 Å². The Morgan fingerprint density at radius 1 is 0.963 bits per heavy atom. The van der Waals surface area contributed by atoms with Crippen molar-refractivity contribution in [2.24, 2.45) is 0 Å². The summed E-state index contributed by atoms with van der Waals surface area (Å²) in [5, 5.41) is 0. The third-order valence-electron chi connectivity index (χ3n) is 4.52. The Balaban J connectivity index is 1.74. The fourth-order valence-corrected chi connectivity index (χ4v) is 2.93. The van der Waals surface area contributed by atoms with Gasteiger partial charge in [-0.2, -0.15) is 0 Å². The monoisotopic (exact) mass is 366 g/mol. The van der Waals surface area contributed by atoms with Crippen LogP contribution in [-0.4, -0.2) is 15.9 Å². The molecule has 0 aliphatic rings. The Bertz CT molecular complexity index is 693. The highest BCUT2D eigenvalue weighted by atomic mass is 16.5. The minimum absolute atomic E-state index is 0.468. The Hall–Kier alpha value is -2.49. The quantitative estimate of drug-likeness (QED) is 0.202. The van der Waals surface area contributed by atoms with Gasteiger partial charge in [-0.25, -0.2) is 14.8 Å². The Kier molecular flexibility index (Phi) is 9.25. The molecule has 0 unspecified atom stereocenters. The topological polar surface area (TPSA) is 52.1 Å². The number of benzene rings is 1. The van der Waals surface area contributed by atoms with Gasteiger partial charge in [0.25, 0.3) is 0 Å². The predicted octanol–water partition coefficient (Wildman–Crippen LogP) is 5.92. The summed E-state index contributed by atoms with van der Waals surface area (Å²) >= 11 is 0. The molecule has 0 spiro atoms. The smallest absolute Gasteiger partial charge is 0.335 e. The lowest BCUT2D eigenvalue weighted by atomic mass is 10.1. The molecule has 0 atom stereocenters. The van der Waals surface area contributed by atoms with E-state index in [2.05, 4.69) is 23.5 Å². The first-order chi connectivity index (χ1) is 13.2. The molecule has 1 aromatic heterocycles. The highest BCUT2D eigenvalue weighted by molar-refractivity contribution is 5.83. The van der Waals surface area contributed by atoms with Crippen molar-refractivity contribution in [2.75, 3.05) is 0 Å². The summed E-state index contributed by atoms with van der Waals surface area (Å²) in [6, 6.07) is 7.15. The number of aryl methyl sites for hydroxylation is 1. The van der Waals surface area contributed by atoms with Crippen molar-refractivity contribution in [1.29, 1.82) is 0 Å². The molecule has 0 saturated carbocycles. The molecule has 2 aromatic rings. The molecule has 0 bridgehead atoms. The molecule has 2 rings (SSSR count). The van der Waals surface area contributed by atoms with Crippen molar-refractivity contribution in [3.8, 4) is 17.1 Å². The summed E-state index contributed by atoms with van der Waals surface area (Å²) in [6.45, 7) is 5.64. The number of rotatable bonds is 12. The largest absolute Gasteiger partial charge is 0.423 e. The lowest BCUT2D eigenvalue weighted by molar-refractivity contribution is -0.128. The third-order valence-corrected chi connectivity index (χ3v) is 4.52. The van der Waals surface area contributed by atoms with Crippen LogP contribution in [0.3, 0.4) is 0 Å². The van der Waals surface area contributed by atoms with Gasteiger partial charge in [-0.1, -0.05) is 58.4 Å². The molecule has 27 heavy (non-hydrogen) atoms. The number of unbranched alkanes of at least 4 members (excludes halogenated alkanes) is 7. The van der Waals surface area contributed by atoms with E-state index in [0.29, 0.717) is 11.6 Å². The predicted molar refractivity (Wildman–Crippen MR) is 110 cm³/mol. The van der Waals surface area contributed by atoms with Crippen LogP contribution in [0.1, 0.15) is 63.9 Å². The van der Waals surface area contributed by atoms with E-state index < -0.39 is 5.97 Å². The summed E-state index contributed by atoms with van der Waals surface area (Å²) in [7, 11) is 0. The van der Waals surface area contributed by atoms with Crippen LogP contribution in [0.25, 0.3) is 11.4 Å². The molecule has 0 aliphatic carbocycles. The number of carbonyl (C=O) groups excluding carboxylic acids is 1.